The molecule has 2 rings (SSSR count). The maximum absolute atomic E-state index is 4.95. The summed E-state index contributed by atoms with van der Waals surface area (Å²) < 4.78 is 0. The van der Waals surface area contributed by atoms with Crippen LogP contribution in [-0.2, 0) is 6.54 Å². The second kappa shape index (κ2) is 7.84. The van der Waals surface area contributed by atoms with Crippen LogP contribution in [0.5, 0.6) is 0 Å². The fraction of sp³-hybridized carbons (Fsp3) is 0.812. The number of hydrogen-bond donors (Lipinski definition) is 1. The molecule has 1 unspecified atom stereocenters. The van der Waals surface area contributed by atoms with Crippen molar-refractivity contribution in [3.63, 3.8) is 0 Å². The summed E-state index contributed by atoms with van der Waals surface area (Å²) >= 11 is 3.94. The van der Waals surface area contributed by atoms with Gasteiger partial charge in [-0.25, -0.2) is 4.98 Å². The van der Waals surface area contributed by atoms with Crippen molar-refractivity contribution < 1.29 is 0 Å². The molecule has 5 heteroatoms. The van der Waals surface area contributed by atoms with E-state index in [-0.39, 0.29) is 0 Å². The van der Waals surface area contributed by atoms with Gasteiger partial charge in [-0.3, -0.25) is 0 Å². The molecule has 21 heavy (non-hydrogen) atoms. The van der Waals surface area contributed by atoms with Crippen LogP contribution in [-0.4, -0.2) is 36.1 Å². The summed E-state index contributed by atoms with van der Waals surface area (Å²) in [4.78, 5) is 8.77. The van der Waals surface area contributed by atoms with Crippen LogP contribution in [0.25, 0.3) is 0 Å². The van der Waals surface area contributed by atoms with Crippen LogP contribution in [0.1, 0.15) is 50.6 Å². The number of thiazole rings is 1. The lowest BCUT2D eigenvalue weighted by Crippen LogP contribution is -2.31. The zero-order valence-corrected chi connectivity index (χ0v) is 15.6. The van der Waals surface area contributed by atoms with Crippen LogP contribution in [0.15, 0.2) is 0 Å². The predicted molar refractivity (Wildman–Crippen MR) is 96.9 cm³/mol. The fourth-order valence-corrected chi connectivity index (χ4v) is 5.02. The third kappa shape index (κ3) is 4.60. The summed E-state index contributed by atoms with van der Waals surface area (Å²) in [5.41, 5.74) is 1.28. The van der Waals surface area contributed by atoms with E-state index in [1.54, 1.807) is 0 Å². The number of rotatable bonds is 7. The smallest absolute Gasteiger partial charge is 0.185 e. The van der Waals surface area contributed by atoms with Gasteiger partial charge in [0.15, 0.2) is 5.13 Å². The Morgan fingerprint density at radius 2 is 2.10 bits per heavy atom. The summed E-state index contributed by atoms with van der Waals surface area (Å²) in [6.45, 7) is 11.0. The van der Waals surface area contributed by atoms with E-state index >= 15 is 0 Å². The number of nitrogens with zero attached hydrogens (tertiary/aromatic N) is 2. The molecular formula is C16H29N3S2. The van der Waals surface area contributed by atoms with Gasteiger partial charge in [-0.05, 0) is 30.6 Å². The molecule has 0 saturated carbocycles. The van der Waals surface area contributed by atoms with Gasteiger partial charge in [0, 0.05) is 30.3 Å². The molecule has 0 amide bonds. The van der Waals surface area contributed by atoms with Crippen LogP contribution in [0.2, 0.25) is 0 Å². The van der Waals surface area contributed by atoms with Gasteiger partial charge in [0.25, 0.3) is 0 Å². The molecule has 1 N–H and O–H groups in total. The molecule has 1 saturated heterocycles. The van der Waals surface area contributed by atoms with Crippen LogP contribution in [0.4, 0.5) is 5.13 Å². The van der Waals surface area contributed by atoms with E-state index in [9.17, 15) is 0 Å². The molecule has 1 atom stereocenters. The lowest BCUT2D eigenvalue weighted by molar-refractivity contribution is 0.552. The third-order valence-corrected chi connectivity index (χ3v) is 6.16. The number of anilines is 1. The Hall–Kier alpha value is -0.260. The lowest BCUT2D eigenvalue weighted by Gasteiger charge is -2.22. The average Bonchev–Trinajstić information content (AvgIpc) is 3.07. The molecule has 120 valence electrons. The zero-order chi connectivity index (χ0) is 15.4. The first-order valence-corrected chi connectivity index (χ1v) is 9.97. The van der Waals surface area contributed by atoms with Crippen LogP contribution < -0.4 is 10.2 Å². The second-order valence-corrected chi connectivity index (χ2v) is 8.82. The van der Waals surface area contributed by atoms with Crippen molar-refractivity contribution >= 4 is 28.2 Å². The molecule has 0 aromatic carbocycles. The summed E-state index contributed by atoms with van der Waals surface area (Å²) in [7, 11) is 2.21. The summed E-state index contributed by atoms with van der Waals surface area (Å²) in [6.07, 6.45) is 1.29. The molecule has 1 fully saturated rings. The first-order valence-electron chi connectivity index (χ1n) is 8.00. The van der Waals surface area contributed by atoms with Crippen molar-refractivity contribution in [3.8, 4) is 0 Å². The topological polar surface area (TPSA) is 28.2 Å². The van der Waals surface area contributed by atoms with Crippen LogP contribution in [0.3, 0.4) is 0 Å². The highest BCUT2D eigenvalue weighted by molar-refractivity contribution is 7.99. The van der Waals surface area contributed by atoms with Gasteiger partial charge in [0.2, 0.25) is 0 Å². The van der Waals surface area contributed by atoms with Crippen molar-refractivity contribution in [3.05, 3.63) is 10.6 Å². The first kappa shape index (κ1) is 17.1. The Labute approximate surface area is 137 Å². The average molecular weight is 328 g/mol. The van der Waals surface area contributed by atoms with Crippen LogP contribution in [0, 0.1) is 5.92 Å². The van der Waals surface area contributed by atoms with E-state index in [1.165, 1.54) is 33.6 Å². The van der Waals surface area contributed by atoms with Gasteiger partial charge < -0.3 is 10.2 Å². The third-order valence-electron chi connectivity index (χ3n) is 3.86. The van der Waals surface area contributed by atoms with Gasteiger partial charge in [-0.1, -0.05) is 27.7 Å². The largest absolute Gasteiger partial charge is 0.347 e. The molecule has 1 aromatic rings. The van der Waals surface area contributed by atoms with E-state index in [1.807, 2.05) is 11.3 Å². The van der Waals surface area contributed by atoms with Crippen molar-refractivity contribution in [2.24, 2.45) is 5.92 Å². The number of thioether (sulfide) groups is 1. The monoisotopic (exact) mass is 327 g/mol. The van der Waals surface area contributed by atoms with Crippen molar-refractivity contribution in [2.45, 2.75) is 52.6 Å². The Morgan fingerprint density at radius 3 is 2.67 bits per heavy atom. The predicted octanol–water partition coefficient (Wildman–Crippen LogP) is 3.95. The van der Waals surface area contributed by atoms with E-state index in [2.05, 4.69) is 56.7 Å². The van der Waals surface area contributed by atoms with Crippen molar-refractivity contribution in [2.75, 3.05) is 30.0 Å². The number of nitrogens with one attached hydrogen (secondary N) is 1. The molecule has 0 bridgehead atoms. The molecule has 2 heterocycles. The van der Waals surface area contributed by atoms with Gasteiger partial charge >= 0.3 is 0 Å². The minimum Gasteiger partial charge on any atom is -0.347 e. The Morgan fingerprint density at radius 1 is 1.33 bits per heavy atom. The van der Waals surface area contributed by atoms with E-state index in [0.29, 0.717) is 17.9 Å². The molecule has 1 aliphatic rings. The number of aromatic nitrogens is 1. The van der Waals surface area contributed by atoms with E-state index < -0.39 is 0 Å². The number of hydrogen-bond acceptors (Lipinski definition) is 5. The summed E-state index contributed by atoms with van der Waals surface area (Å²) in [5, 5.41) is 4.77. The van der Waals surface area contributed by atoms with Gasteiger partial charge in [-0.2, -0.15) is 11.8 Å². The first-order chi connectivity index (χ1) is 9.99. The highest BCUT2D eigenvalue weighted by Crippen LogP contribution is 2.33. The maximum atomic E-state index is 4.95. The van der Waals surface area contributed by atoms with Gasteiger partial charge in [0.1, 0.15) is 0 Å². The molecule has 0 aliphatic carbocycles. The van der Waals surface area contributed by atoms with E-state index in [4.69, 9.17) is 4.98 Å². The highest BCUT2D eigenvalue weighted by Gasteiger charge is 2.24. The minimum absolute atomic E-state index is 0.497. The molecule has 0 radical (unpaired) electrons. The molecule has 1 aromatic heterocycles. The SMILES string of the molecule is CC(C)CNCc1sc(N(C)C2CCSC2)nc1C(C)C. The highest BCUT2D eigenvalue weighted by atomic mass is 32.2. The zero-order valence-electron chi connectivity index (χ0n) is 14.0. The Bertz CT molecular complexity index is 437. The van der Waals surface area contributed by atoms with Crippen LogP contribution >= 0.6 is 23.1 Å². The normalized spacial score (nSPS) is 18.9. The van der Waals surface area contributed by atoms with E-state index in [0.717, 1.165) is 13.1 Å². The molecular weight excluding hydrogens is 298 g/mol. The maximum Gasteiger partial charge on any atom is 0.185 e. The summed E-state index contributed by atoms with van der Waals surface area (Å²) in [5.74, 6) is 3.73. The van der Waals surface area contributed by atoms with Crippen molar-refractivity contribution in [1.82, 2.24) is 10.3 Å². The minimum atomic E-state index is 0.497. The Balaban J connectivity index is 2.08. The van der Waals surface area contributed by atoms with Gasteiger partial charge in [0.05, 0.1) is 5.69 Å². The fourth-order valence-electron chi connectivity index (χ4n) is 2.54. The van der Waals surface area contributed by atoms with Gasteiger partial charge in [-0.15, -0.1) is 11.3 Å². The quantitative estimate of drug-likeness (QED) is 0.820. The molecule has 1 aliphatic heterocycles. The standard InChI is InChI=1S/C16H29N3S2/c1-11(2)8-17-9-14-15(12(3)4)18-16(21-14)19(5)13-6-7-20-10-13/h11-13,17H,6-10H2,1-5H3. The summed E-state index contributed by atoms with van der Waals surface area (Å²) in [6, 6.07) is 0.664. The molecule has 0 spiro atoms. The lowest BCUT2D eigenvalue weighted by atomic mass is 10.1. The molecule has 3 nitrogen and oxygen atoms in total. The second-order valence-electron chi connectivity index (χ2n) is 6.61. The Kier molecular flexibility index (Phi) is 6.38. The van der Waals surface area contributed by atoms with Crippen molar-refractivity contribution in [1.29, 1.82) is 0 Å².